The van der Waals surface area contributed by atoms with Gasteiger partial charge in [0, 0.05) is 12.4 Å². The molecule has 0 spiro atoms. The van der Waals surface area contributed by atoms with Gasteiger partial charge in [-0.25, -0.2) is 15.0 Å². The molecule has 0 radical (unpaired) electrons. The maximum Gasteiger partial charge on any atom is 0.435 e. The van der Waals surface area contributed by atoms with Gasteiger partial charge in [-0.1, -0.05) is 0 Å². The molecule has 0 saturated heterocycles. The summed E-state index contributed by atoms with van der Waals surface area (Å²) in [6.07, 6.45) is -0.784. The molecule has 0 aliphatic carbocycles. The van der Waals surface area contributed by atoms with Gasteiger partial charge in [-0.05, 0) is 17.6 Å². The summed E-state index contributed by atoms with van der Waals surface area (Å²) < 4.78 is 43.9. The van der Waals surface area contributed by atoms with E-state index in [0.717, 1.165) is 22.5 Å². The first-order valence-corrected chi connectivity index (χ1v) is 6.26. The van der Waals surface area contributed by atoms with Crippen LogP contribution in [-0.4, -0.2) is 29.1 Å². The van der Waals surface area contributed by atoms with E-state index < -0.39 is 11.9 Å². The monoisotopic (exact) mass is 313 g/mol. The highest BCUT2D eigenvalue weighted by atomic mass is 32.1. The van der Waals surface area contributed by atoms with E-state index in [2.05, 4.69) is 24.4 Å². The second-order valence-corrected chi connectivity index (χ2v) is 4.59. The molecule has 0 amide bonds. The molecule has 0 aromatic carbocycles. The lowest BCUT2D eigenvalue weighted by atomic mass is 10.2. The molecule has 108 valence electrons. The van der Waals surface area contributed by atoms with Crippen LogP contribution < -0.4 is 5.73 Å². The molecule has 0 unspecified atom stereocenters. The summed E-state index contributed by atoms with van der Waals surface area (Å²) >= 11 is 0.794. The topological polar surface area (TPSA) is 95.4 Å². The summed E-state index contributed by atoms with van der Waals surface area (Å²) in [6, 6.07) is 1.53. The van der Waals surface area contributed by atoms with Crippen molar-refractivity contribution in [1.29, 1.82) is 0 Å². The van der Waals surface area contributed by atoms with E-state index in [0.29, 0.717) is 0 Å². The Kier molecular flexibility index (Phi) is 3.05. The maximum atomic E-state index is 13.1. The second-order valence-electron chi connectivity index (χ2n) is 3.81. The average molecular weight is 313 g/mol. The number of aromatic nitrogens is 6. The SMILES string of the molecule is Nc1c(-c2ncns2)c(C(F)(F)F)nn1-c1ncccn1. The van der Waals surface area contributed by atoms with Crippen molar-refractivity contribution >= 4 is 17.4 Å². The van der Waals surface area contributed by atoms with Crippen LogP contribution in [0.15, 0.2) is 24.8 Å². The van der Waals surface area contributed by atoms with E-state index in [9.17, 15) is 13.2 Å². The summed E-state index contributed by atoms with van der Waals surface area (Å²) in [5.74, 6) is -0.304. The fraction of sp³-hybridized carbons (Fsp3) is 0.100. The Morgan fingerprint density at radius 2 is 1.86 bits per heavy atom. The first kappa shape index (κ1) is 13.4. The van der Waals surface area contributed by atoms with Crippen LogP contribution >= 0.6 is 11.5 Å². The van der Waals surface area contributed by atoms with Crippen LogP contribution in [0.2, 0.25) is 0 Å². The maximum absolute atomic E-state index is 13.1. The molecule has 3 aromatic rings. The van der Waals surface area contributed by atoms with Gasteiger partial charge < -0.3 is 5.73 Å². The largest absolute Gasteiger partial charge is 0.435 e. The minimum absolute atomic E-state index is 0.0296. The standard InChI is InChI=1S/C10H6F3N7S/c11-10(12,13)6-5(8-17-4-18-21-8)7(14)20(19-6)9-15-2-1-3-16-9/h1-4H,14H2. The van der Waals surface area contributed by atoms with Crippen molar-refractivity contribution in [2.24, 2.45) is 0 Å². The third-order valence-corrected chi connectivity index (χ3v) is 3.19. The van der Waals surface area contributed by atoms with Gasteiger partial charge in [0.25, 0.3) is 5.95 Å². The molecule has 7 nitrogen and oxygen atoms in total. The second kappa shape index (κ2) is 4.77. The zero-order valence-corrected chi connectivity index (χ0v) is 10.9. The van der Waals surface area contributed by atoms with Crippen LogP contribution in [0, 0.1) is 0 Å². The van der Waals surface area contributed by atoms with Crippen LogP contribution in [0.1, 0.15) is 5.69 Å². The van der Waals surface area contributed by atoms with E-state index in [1.54, 1.807) is 0 Å². The van der Waals surface area contributed by atoms with Crippen molar-refractivity contribution in [2.75, 3.05) is 5.73 Å². The number of nitrogens with two attached hydrogens (primary N) is 1. The lowest BCUT2D eigenvalue weighted by molar-refractivity contribution is -0.140. The van der Waals surface area contributed by atoms with Crippen molar-refractivity contribution < 1.29 is 13.2 Å². The molecule has 0 bridgehead atoms. The van der Waals surface area contributed by atoms with Crippen molar-refractivity contribution in [2.45, 2.75) is 6.18 Å². The van der Waals surface area contributed by atoms with Gasteiger partial charge >= 0.3 is 6.18 Å². The molecule has 0 atom stereocenters. The van der Waals surface area contributed by atoms with Gasteiger partial charge in [0.05, 0.1) is 5.56 Å². The third kappa shape index (κ3) is 2.31. The Morgan fingerprint density at radius 3 is 2.43 bits per heavy atom. The van der Waals surface area contributed by atoms with Gasteiger partial charge in [0.15, 0.2) is 5.69 Å². The number of hydrogen-bond donors (Lipinski definition) is 1. The molecule has 11 heteroatoms. The summed E-state index contributed by atoms with van der Waals surface area (Å²) in [5.41, 5.74) is 4.31. The van der Waals surface area contributed by atoms with E-state index >= 15 is 0 Å². The van der Waals surface area contributed by atoms with Crippen molar-refractivity contribution in [3.8, 4) is 16.5 Å². The molecular weight excluding hydrogens is 307 g/mol. The lowest BCUT2D eigenvalue weighted by Gasteiger charge is -2.03. The first-order chi connectivity index (χ1) is 9.98. The Labute approximate surface area is 119 Å². The predicted molar refractivity (Wildman–Crippen MR) is 67.5 cm³/mol. The molecule has 3 aromatic heterocycles. The smallest absolute Gasteiger partial charge is 0.383 e. The Balaban J connectivity index is 2.26. The zero-order chi connectivity index (χ0) is 15.0. The Hall–Kier alpha value is -2.56. The predicted octanol–water partition coefficient (Wildman–Crippen LogP) is 1.78. The van der Waals surface area contributed by atoms with Crippen LogP contribution in [0.3, 0.4) is 0 Å². The molecule has 0 fully saturated rings. The van der Waals surface area contributed by atoms with Gasteiger partial charge in [-0.3, -0.25) is 0 Å². The number of halogens is 3. The van der Waals surface area contributed by atoms with Gasteiger partial charge in [-0.15, -0.1) is 0 Å². The number of rotatable bonds is 2. The van der Waals surface area contributed by atoms with Crippen LogP contribution in [0.25, 0.3) is 16.5 Å². The van der Waals surface area contributed by atoms with Gasteiger partial charge in [0.1, 0.15) is 17.2 Å². The summed E-state index contributed by atoms with van der Waals surface area (Å²) in [6.45, 7) is 0. The molecule has 3 rings (SSSR count). The molecule has 0 aliphatic rings. The molecule has 3 heterocycles. The quantitative estimate of drug-likeness (QED) is 0.775. The minimum atomic E-state index is -4.69. The normalized spacial score (nSPS) is 11.8. The number of nitrogens with zero attached hydrogens (tertiary/aromatic N) is 6. The highest BCUT2D eigenvalue weighted by Gasteiger charge is 2.40. The van der Waals surface area contributed by atoms with Crippen LogP contribution in [-0.2, 0) is 6.18 Å². The van der Waals surface area contributed by atoms with E-state index in [-0.39, 0.29) is 22.3 Å². The fourth-order valence-electron chi connectivity index (χ4n) is 1.68. The highest BCUT2D eigenvalue weighted by Crippen LogP contribution is 2.40. The van der Waals surface area contributed by atoms with Gasteiger partial charge in [-0.2, -0.15) is 27.3 Å². The highest BCUT2D eigenvalue weighted by molar-refractivity contribution is 7.09. The average Bonchev–Trinajstić information content (AvgIpc) is 3.06. The molecule has 0 saturated carbocycles. The van der Waals surface area contributed by atoms with E-state index in [4.69, 9.17) is 5.73 Å². The minimum Gasteiger partial charge on any atom is -0.383 e. The summed E-state index contributed by atoms with van der Waals surface area (Å²) in [4.78, 5) is 11.4. The number of nitrogen functional groups attached to an aromatic ring is 1. The molecule has 0 aliphatic heterocycles. The zero-order valence-electron chi connectivity index (χ0n) is 10.1. The van der Waals surface area contributed by atoms with Gasteiger partial charge in [0.2, 0.25) is 0 Å². The summed E-state index contributed by atoms with van der Waals surface area (Å²) in [5, 5.41) is 3.52. The van der Waals surface area contributed by atoms with Crippen molar-refractivity contribution in [3.05, 3.63) is 30.5 Å². The van der Waals surface area contributed by atoms with E-state index in [1.165, 1.54) is 18.5 Å². The third-order valence-electron chi connectivity index (χ3n) is 2.51. The number of hydrogen-bond acceptors (Lipinski definition) is 7. The Bertz CT molecular complexity index is 751. The number of anilines is 1. The summed E-state index contributed by atoms with van der Waals surface area (Å²) in [7, 11) is 0. The van der Waals surface area contributed by atoms with Crippen LogP contribution in [0.5, 0.6) is 0 Å². The van der Waals surface area contributed by atoms with Crippen molar-refractivity contribution in [3.63, 3.8) is 0 Å². The van der Waals surface area contributed by atoms with Crippen molar-refractivity contribution in [1.82, 2.24) is 29.1 Å². The number of alkyl halides is 3. The fourth-order valence-corrected chi connectivity index (χ4v) is 2.26. The molecule has 2 N–H and O–H groups in total. The Morgan fingerprint density at radius 1 is 1.14 bits per heavy atom. The first-order valence-electron chi connectivity index (χ1n) is 5.48. The lowest BCUT2D eigenvalue weighted by Crippen LogP contribution is -2.09. The van der Waals surface area contributed by atoms with Crippen LogP contribution in [0.4, 0.5) is 19.0 Å². The molecule has 21 heavy (non-hydrogen) atoms. The van der Waals surface area contributed by atoms with E-state index in [1.807, 2.05) is 0 Å². The molecular formula is C10H6F3N7S.